The highest BCUT2D eigenvalue weighted by molar-refractivity contribution is 5.70. The van der Waals surface area contributed by atoms with Crippen molar-refractivity contribution in [3.8, 4) is 0 Å². The number of carboxylic acid groups (broad SMARTS) is 1. The van der Waals surface area contributed by atoms with Gasteiger partial charge in [-0.15, -0.1) is 0 Å². The number of carboxylic acids is 1. The Bertz CT molecular complexity index is 1090. The van der Waals surface area contributed by atoms with E-state index in [4.69, 9.17) is 14.2 Å². The number of quaternary nitrogens is 1. The second-order valence-corrected chi connectivity index (χ2v) is 15.7. The van der Waals surface area contributed by atoms with Crippen LogP contribution >= 0.6 is 0 Å². The number of allylic oxidation sites excluding steroid dienone is 10. The summed E-state index contributed by atoms with van der Waals surface area (Å²) in [5.41, 5.74) is 0. The first kappa shape index (κ1) is 52.0. The average Bonchev–Trinajstić information content (AvgIpc) is 3.14. The third-order valence-corrected chi connectivity index (χ3v) is 9.55. The zero-order chi connectivity index (χ0) is 40.7. The lowest BCUT2D eigenvalue weighted by Gasteiger charge is -2.34. The molecule has 0 N–H and O–H groups in total. The molecule has 0 radical (unpaired) electrons. The Kier molecular flexibility index (Phi) is 35.9. The Labute approximate surface area is 337 Å². The molecule has 316 valence electrons. The van der Waals surface area contributed by atoms with Crippen molar-refractivity contribution < 1.29 is 38.2 Å². The van der Waals surface area contributed by atoms with E-state index >= 15 is 0 Å². The van der Waals surface area contributed by atoms with E-state index in [2.05, 4.69) is 19.9 Å². The minimum atomic E-state index is -1.14. The molecule has 0 amide bonds. The molecule has 0 bridgehead atoms. The summed E-state index contributed by atoms with van der Waals surface area (Å²) in [5, 5.41) is 11.6. The van der Waals surface area contributed by atoms with Gasteiger partial charge in [-0.3, -0.25) is 9.59 Å². The third-order valence-electron chi connectivity index (χ3n) is 9.55. The molecule has 0 aliphatic heterocycles. The van der Waals surface area contributed by atoms with Crippen LogP contribution in [0.2, 0.25) is 0 Å². The van der Waals surface area contributed by atoms with Gasteiger partial charge in [0.05, 0.1) is 40.3 Å². The monoisotopic (exact) mass is 772 g/mol. The summed E-state index contributed by atoms with van der Waals surface area (Å²) in [6.45, 7) is 4.44. The fourth-order valence-corrected chi connectivity index (χ4v) is 6.16. The number of likely N-dealkylation sites (N-methyl/N-ethyl adjacent to an activating group) is 1. The predicted octanol–water partition coefficient (Wildman–Crippen LogP) is 10.5. The van der Waals surface area contributed by atoms with Crippen LogP contribution in [-0.2, 0) is 28.6 Å². The second kappa shape index (κ2) is 37.9. The van der Waals surface area contributed by atoms with Crippen molar-refractivity contribution in [2.45, 2.75) is 180 Å². The molecule has 0 saturated carbocycles. The Morgan fingerprint density at radius 2 is 1.02 bits per heavy atom. The van der Waals surface area contributed by atoms with Gasteiger partial charge in [0.25, 0.3) is 0 Å². The number of nitrogens with zero attached hydrogens (tertiary/aromatic N) is 1. The Morgan fingerprint density at radius 1 is 0.564 bits per heavy atom. The van der Waals surface area contributed by atoms with Crippen LogP contribution in [0, 0.1) is 0 Å². The Hall–Kier alpha value is -2.97. The second-order valence-electron chi connectivity index (χ2n) is 15.7. The van der Waals surface area contributed by atoms with Crippen molar-refractivity contribution >= 4 is 17.9 Å². The van der Waals surface area contributed by atoms with Crippen LogP contribution in [0.1, 0.15) is 168 Å². The summed E-state index contributed by atoms with van der Waals surface area (Å²) in [4.78, 5) is 36.8. The molecule has 0 saturated heterocycles. The number of esters is 2. The molecule has 8 heteroatoms. The molecular formula is C47H81NO7. The van der Waals surface area contributed by atoms with Gasteiger partial charge in [0.1, 0.15) is 12.6 Å². The van der Waals surface area contributed by atoms with Crippen molar-refractivity contribution in [1.82, 2.24) is 0 Å². The summed E-state index contributed by atoms with van der Waals surface area (Å²) in [5.74, 6) is -1.83. The molecule has 0 aromatic rings. The lowest BCUT2D eigenvalue weighted by Crippen LogP contribution is -2.55. The lowest BCUT2D eigenvalue weighted by molar-refractivity contribution is -0.889. The number of carbonyl (C=O) groups is 3. The topological polar surface area (TPSA) is 102 Å². The third kappa shape index (κ3) is 36.4. The minimum absolute atomic E-state index is 0.0113. The van der Waals surface area contributed by atoms with Gasteiger partial charge in [-0.25, -0.2) is 0 Å². The smallest absolute Gasteiger partial charge is 0.306 e. The summed E-state index contributed by atoms with van der Waals surface area (Å²) in [6.07, 6.45) is 45.5. The molecule has 8 nitrogen and oxygen atoms in total. The van der Waals surface area contributed by atoms with Crippen molar-refractivity contribution in [3.05, 3.63) is 60.8 Å². The van der Waals surface area contributed by atoms with Crippen molar-refractivity contribution in [2.75, 3.05) is 41.0 Å². The van der Waals surface area contributed by atoms with E-state index in [9.17, 15) is 19.5 Å². The van der Waals surface area contributed by atoms with Crippen LogP contribution in [0.25, 0.3) is 0 Å². The molecule has 2 atom stereocenters. The van der Waals surface area contributed by atoms with Crippen LogP contribution in [0.3, 0.4) is 0 Å². The Balaban J connectivity index is 4.39. The number of rotatable bonds is 38. The van der Waals surface area contributed by atoms with Gasteiger partial charge in [-0.05, 0) is 25.7 Å². The molecule has 2 unspecified atom stereocenters. The molecule has 55 heavy (non-hydrogen) atoms. The summed E-state index contributed by atoms with van der Waals surface area (Å²) >= 11 is 0. The number of aliphatic carboxylic acids is 1. The molecule has 0 fully saturated rings. The molecule has 0 aromatic carbocycles. The minimum Gasteiger partial charge on any atom is -0.544 e. The highest BCUT2D eigenvalue weighted by Crippen LogP contribution is 2.15. The van der Waals surface area contributed by atoms with Gasteiger partial charge < -0.3 is 28.6 Å². The van der Waals surface area contributed by atoms with E-state index in [1.54, 1.807) is 21.1 Å². The first-order valence-corrected chi connectivity index (χ1v) is 21.9. The molecule has 0 aliphatic rings. The number of unbranched alkanes of at least 4 members (excludes halogenated alkanes) is 18. The van der Waals surface area contributed by atoms with Gasteiger partial charge in [-0.2, -0.15) is 0 Å². The maximum atomic E-state index is 12.6. The van der Waals surface area contributed by atoms with Gasteiger partial charge in [0.2, 0.25) is 0 Å². The SMILES string of the molecule is CC/C=C/C=C/C=C/C=C/C=C/CCCC(=O)OC(COCCC(C(=O)[O-])[N+](C)(C)C)COC(=O)CCCCCCCCCCCCCCCCCCCC. The molecule has 0 heterocycles. The number of carbonyl (C=O) groups excluding carboxylic acids is 3. The normalized spacial score (nSPS) is 13.5. The first-order chi connectivity index (χ1) is 26.6. The highest BCUT2D eigenvalue weighted by atomic mass is 16.6. The fraction of sp³-hybridized carbons (Fsp3) is 0.723. The highest BCUT2D eigenvalue weighted by Gasteiger charge is 2.25. The summed E-state index contributed by atoms with van der Waals surface area (Å²) in [7, 11) is 5.37. The van der Waals surface area contributed by atoms with E-state index in [-0.39, 0.29) is 49.1 Å². The van der Waals surface area contributed by atoms with Crippen molar-refractivity contribution in [3.63, 3.8) is 0 Å². The van der Waals surface area contributed by atoms with Crippen LogP contribution in [0.5, 0.6) is 0 Å². The number of ether oxygens (including phenoxy) is 3. The van der Waals surface area contributed by atoms with E-state index in [0.29, 0.717) is 12.8 Å². The lowest BCUT2D eigenvalue weighted by atomic mass is 10.0. The number of hydrogen-bond acceptors (Lipinski definition) is 7. The molecule has 0 rings (SSSR count). The van der Waals surface area contributed by atoms with Gasteiger partial charge in [-0.1, -0.05) is 184 Å². The summed E-state index contributed by atoms with van der Waals surface area (Å²) in [6, 6.07) is -0.739. The van der Waals surface area contributed by atoms with E-state index in [1.807, 2.05) is 54.7 Å². The molecular weight excluding hydrogens is 691 g/mol. The maximum absolute atomic E-state index is 12.6. The zero-order valence-electron chi connectivity index (χ0n) is 35.8. The molecule has 0 aromatic heterocycles. The van der Waals surface area contributed by atoms with E-state index in [1.165, 1.54) is 96.3 Å². The number of hydrogen-bond donors (Lipinski definition) is 0. The molecule has 0 spiro atoms. The standard InChI is InChI=1S/C47H81NO7/c1-6-8-10-12-14-16-18-20-21-22-23-24-26-27-29-31-33-35-37-45(49)54-42-43(41-53-40-39-44(47(51)52)48(3,4)5)55-46(50)38-36-34-32-30-28-25-19-17-15-13-11-9-7-2/h9,11,13,15,17,19,25,28,30,32,43-44H,6-8,10,12,14,16,18,20-24,26-27,29,31,33-42H2,1-5H3/b11-9+,15-13+,19-17+,28-25+,32-30+. The van der Waals surface area contributed by atoms with Gasteiger partial charge in [0.15, 0.2) is 6.10 Å². The van der Waals surface area contributed by atoms with Crippen LogP contribution in [0.4, 0.5) is 0 Å². The average molecular weight is 772 g/mol. The fourth-order valence-electron chi connectivity index (χ4n) is 6.16. The quantitative estimate of drug-likeness (QED) is 0.0266. The Morgan fingerprint density at radius 3 is 1.49 bits per heavy atom. The van der Waals surface area contributed by atoms with Crippen LogP contribution in [0.15, 0.2) is 60.8 Å². The maximum Gasteiger partial charge on any atom is 0.306 e. The van der Waals surface area contributed by atoms with Crippen LogP contribution < -0.4 is 5.11 Å². The first-order valence-electron chi connectivity index (χ1n) is 21.9. The van der Waals surface area contributed by atoms with E-state index < -0.39 is 18.1 Å². The van der Waals surface area contributed by atoms with Gasteiger partial charge >= 0.3 is 11.9 Å². The van der Waals surface area contributed by atoms with Crippen LogP contribution in [-0.4, -0.2) is 75.5 Å². The zero-order valence-corrected chi connectivity index (χ0v) is 35.8. The molecule has 0 aliphatic carbocycles. The van der Waals surface area contributed by atoms with Gasteiger partial charge in [0, 0.05) is 19.3 Å². The van der Waals surface area contributed by atoms with E-state index in [0.717, 1.165) is 32.1 Å². The summed E-state index contributed by atoms with van der Waals surface area (Å²) < 4.78 is 17.1. The van der Waals surface area contributed by atoms with Crippen molar-refractivity contribution in [1.29, 1.82) is 0 Å². The predicted molar refractivity (Wildman–Crippen MR) is 226 cm³/mol. The largest absolute Gasteiger partial charge is 0.544 e. The van der Waals surface area contributed by atoms with Crippen molar-refractivity contribution in [2.24, 2.45) is 0 Å².